The third-order valence-electron chi connectivity index (χ3n) is 32.5. The Balaban J connectivity index is 0. The van der Waals surface area contributed by atoms with Gasteiger partial charge in [-0.15, -0.1) is 6.58 Å². The highest BCUT2D eigenvalue weighted by molar-refractivity contribution is 5.19. The minimum Gasteiger partial charge on any atom is -0.100 e. The van der Waals surface area contributed by atoms with Crippen molar-refractivity contribution in [2.45, 2.75) is 524 Å². The van der Waals surface area contributed by atoms with E-state index in [1.54, 1.807) is 5.57 Å². The topological polar surface area (TPSA) is 0 Å². The highest BCUT2D eigenvalue weighted by atomic mass is 14.4. The Morgan fingerprint density at radius 3 is 1.00 bits per heavy atom. The Bertz CT molecular complexity index is 3110. The maximum absolute atomic E-state index is 4.11. The molecule has 12 rings (SSSR count). The van der Waals surface area contributed by atoms with Gasteiger partial charge in [-0.1, -0.05) is 422 Å². The fraction of sp³-hybridized carbons (Fsp3) is 0.793. The summed E-state index contributed by atoms with van der Waals surface area (Å²) in [6.07, 6.45) is 92.9. The maximum atomic E-state index is 4.11. The lowest BCUT2D eigenvalue weighted by atomic mass is 9.74. The molecule has 0 aromatic rings. The lowest BCUT2D eigenvalue weighted by Crippen LogP contribution is -2.19. The van der Waals surface area contributed by atoms with Crippen LogP contribution >= 0.6 is 0 Å². The molecule has 12 aliphatic rings. The van der Waals surface area contributed by atoms with Crippen molar-refractivity contribution < 1.29 is 0 Å². The highest BCUT2D eigenvalue weighted by Crippen LogP contribution is 2.42. The Morgan fingerprint density at radius 1 is 0.304 bits per heavy atom. The molecular weight excluding hydrogens is 1620 g/mol. The van der Waals surface area contributed by atoms with Crippen molar-refractivity contribution in [1.82, 2.24) is 0 Å². The molecule has 0 heterocycles. The molecule has 6 fully saturated rings. The van der Waals surface area contributed by atoms with Gasteiger partial charge in [0.15, 0.2) is 0 Å². The lowest BCUT2D eigenvalue weighted by Gasteiger charge is -2.31. The minimum absolute atomic E-state index is 0.812. The van der Waals surface area contributed by atoms with Gasteiger partial charge in [-0.25, -0.2) is 0 Å². The molecule has 0 heteroatoms. The Kier molecular flexibility index (Phi) is 80.8. The first-order chi connectivity index (χ1) is 63.6. The SMILES string of the molecule is C/C=C/CC(C)C.C=C(C)CCC(C)C.C=C1CC(C(C)C)C1.C=C1CC1C(C)C.C=C1CCC(C(C)C)C1.C=C1CCC(C(C)C)CC1.C=C1CCCC(C(C)C)CC1.C=C1CCCCC(C(C)C)CC1.CC(C)C1/C=C\CCCCC1.CC(C)C1C=CCCCC1.CC(C)C1CC=CCC1.CC1/C=C\C(C(C)C)CCCC1.CC1=CCC(C(C)C)CC1.CC1C=CC(C(C)C)CCC1. The molecule has 12 unspecified atom stereocenters. The molecule has 0 aromatic carbocycles. The summed E-state index contributed by atoms with van der Waals surface area (Å²) < 4.78 is 0. The molecule has 0 N–H and O–H groups in total. The number of hydrogen-bond acceptors (Lipinski definition) is 0. The van der Waals surface area contributed by atoms with Crippen LogP contribution in [0, 0.1) is 166 Å². The summed E-state index contributed by atoms with van der Waals surface area (Å²) in [6, 6.07) is 0. The van der Waals surface area contributed by atoms with Gasteiger partial charge in [0.05, 0.1) is 0 Å². The van der Waals surface area contributed by atoms with Gasteiger partial charge in [-0.2, -0.15) is 0 Å². The predicted octanol–water partition coefficient (Wildman–Crippen LogP) is 46.0. The van der Waals surface area contributed by atoms with Crippen molar-refractivity contribution in [2.24, 2.45) is 166 Å². The van der Waals surface area contributed by atoms with E-state index < -0.39 is 0 Å². The van der Waals surface area contributed by atoms with Crippen LogP contribution in [0.5, 0.6) is 0 Å². The zero-order valence-corrected chi connectivity index (χ0v) is 98.1. The van der Waals surface area contributed by atoms with Crippen LogP contribution in [-0.4, -0.2) is 0 Å². The number of hydrogen-bond donors (Lipinski definition) is 0. The summed E-state index contributed by atoms with van der Waals surface area (Å²) >= 11 is 0. The summed E-state index contributed by atoms with van der Waals surface area (Å²) in [5.41, 5.74) is 11.7. The summed E-state index contributed by atoms with van der Waals surface area (Å²) in [4.78, 5) is 0. The van der Waals surface area contributed by atoms with Gasteiger partial charge in [-0.3, -0.25) is 0 Å². The van der Waals surface area contributed by atoms with Gasteiger partial charge in [0.1, 0.15) is 0 Å². The third-order valence-corrected chi connectivity index (χ3v) is 32.5. The molecule has 0 aliphatic heterocycles. The smallest absolute Gasteiger partial charge is 0.0145 e. The van der Waals surface area contributed by atoms with Crippen LogP contribution < -0.4 is 0 Å². The second-order valence-corrected chi connectivity index (χ2v) is 50.5. The van der Waals surface area contributed by atoms with E-state index in [2.05, 4.69) is 354 Å². The first-order valence-electron chi connectivity index (χ1n) is 58.9. The van der Waals surface area contributed by atoms with E-state index in [0.29, 0.717) is 0 Å². The van der Waals surface area contributed by atoms with Gasteiger partial charge < -0.3 is 0 Å². The molecular formula is C135H246. The fourth-order valence-electron chi connectivity index (χ4n) is 20.3. The fourth-order valence-corrected chi connectivity index (χ4v) is 20.3. The molecule has 0 radical (unpaired) electrons. The quantitative estimate of drug-likeness (QED) is 0.101. The average molecular weight is 1870 g/mol. The largest absolute Gasteiger partial charge is 0.100 e. The first kappa shape index (κ1) is 133. The molecule has 0 saturated heterocycles. The Hall–Kier alpha value is -3.64. The predicted molar refractivity (Wildman–Crippen MR) is 624 cm³/mol. The highest BCUT2D eigenvalue weighted by Gasteiger charge is 2.30. The van der Waals surface area contributed by atoms with Gasteiger partial charge in [-0.05, 0) is 430 Å². The van der Waals surface area contributed by atoms with E-state index >= 15 is 0 Å². The van der Waals surface area contributed by atoms with Crippen molar-refractivity contribution in [3.05, 3.63) is 170 Å². The summed E-state index contributed by atoms with van der Waals surface area (Å²) in [7, 11) is 0. The molecule has 135 heavy (non-hydrogen) atoms. The normalized spacial score (nSPS) is 26.0. The minimum atomic E-state index is 0.812. The van der Waals surface area contributed by atoms with Crippen LogP contribution in [0.2, 0.25) is 0 Å². The Morgan fingerprint density at radius 2 is 0.667 bits per heavy atom. The molecule has 0 spiro atoms. The number of rotatable bonds is 17. The van der Waals surface area contributed by atoms with E-state index in [1.165, 1.54) is 334 Å². The van der Waals surface area contributed by atoms with Crippen LogP contribution in [0.1, 0.15) is 524 Å². The van der Waals surface area contributed by atoms with Crippen LogP contribution in [-0.2, 0) is 0 Å². The lowest BCUT2D eigenvalue weighted by molar-refractivity contribution is 0.310. The second-order valence-electron chi connectivity index (χ2n) is 50.5. The third kappa shape index (κ3) is 74.9. The van der Waals surface area contributed by atoms with Crippen molar-refractivity contribution in [3.63, 3.8) is 0 Å². The molecule has 786 valence electrons. The van der Waals surface area contributed by atoms with Gasteiger partial charge >= 0.3 is 0 Å². The molecule has 6 saturated carbocycles. The van der Waals surface area contributed by atoms with Gasteiger partial charge in [0, 0.05) is 0 Å². The standard InChI is InChI=1S/2C12H22.3C11H20.3C10H18.2C9H16.C8H14.C8H16.C7H12.C7H14/c2*1-10(2)12-7-5-4-6-11(3)8-9-12;2*1-9(2)11-6-4-5-10(3)7-8-11;1-10(2)11-8-6-4-3-5-7-9-11;2*1-8(2)10-6-4-9(3)5-7-10;1-9(2)10-7-5-3-4-6-8-10;1-7(2)9-5-4-8(3)6-9;1-8(2)9-6-4-3-5-7-9;1-6(2)8-4-7(3)5-8;1-7(2)5-6-8(3)4;1-5(2)7-4-6(7)3;1-4-5-6-7(2)3/h8-12H,4-7H2,1-3H3;10,12H,3-9H2,1-2H3;7-11H,4-6H2,1-3H3;9,11H,3-8H2,1-2H3;6,8,10-11H,3-5,7,9H2,1-2H3;4,8,10H,5-7H2,1-3H3;8,10H,3-7H2,1-2H3;5,7,9-10H,3-4,6,8H2,1-2H3;7,9H,3-6H2,1-2H3;3-4,8-9H,5-7H2,1-2H3;6,8H,3-5H2,1-2H3;8H,1,5-6H2,2-4H3;5,7H,3-4H2,1-2H3;4-5,7H,6H2,1-3H3/b9-8-;;;;8-6-;;;;;;;;;5-4+. The van der Waals surface area contributed by atoms with E-state index in [0.717, 1.165) is 166 Å². The van der Waals surface area contributed by atoms with Crippen LogP contribution in [0.3, 0.4) is 0 Å². The summed E-state index contributed by atoms with van der Waals surface area (Å²) in [5, 5.41) is 0. The van der Waals surface area contributed by atoms with Crippen LogP contribution in [0.15, 0.2) is 170 Å². The monoisotopic (exact) mass is 1870 g/mol. The molecule has 12 atom stereocenters. The maximum Gasteiger partial charge on any atom is -0.0145 e. The average Bonchev–Trinajstić information content (AvgIpc) is 1.55. The number of allylic oxidation sites excluding steroid dienone is 21. The van der Waals surface area contributed by atoms with E-state index in [4.69, 9.17) is 0 Å². The van der Waals surface area contributed by atoms with Crippen molar-refractivity contribution in [3.8, 4) is 0 Å². The first-order valence-corrected chi connectivity index (χ1v) is 58.9. The van der Waals surface area contributed by atoms with Crippen molar-refractivity contribution in [2.75, 3.05) is 0 Å². The Labute approximate surface area is 853 Å². The molecule has 0 bridgehead atoms. The van der Waals surface area contributed by atoms with E-state index in [9.17, 15) is 0 Å². The van der Waals surface area contributed by atoms with E-state index in [1.807, 2.05) is 0 Å². The second kappa shape index (κ2) is 81.7. The van der Waals surface area contributed by atoms with E-state index in [-0.39, 0.29) is 0 Å². The van der Waals surface area contributed by atoms with Crippen LogP contribution in [0.25, 0.3) is 0 Å². The van der Waals surface area contributed by atoms with Gasteiger partial charge in [0.25, 0.3) is 0 Å². The zero-order chi connectivity index (χ0) is 103. The van der Waals surface area contributed by atoms with Gasteiger partial charge in [0.2, 0.25) is 0 Å². The van der Waals surface area contributed by atoms with Crippen molar-refractivity contribution >= 4 is 0 Å². The summed E-state index contributed by atoms with van der Waals surface area (Å²) in [5.74, 6) is 24.6. The zero-order valence-electron chi connectivity index (χ0n) is 98.1. The molecule has 0 aromatic heterocycles. The molecule has 0 nitrogen and oxygen atoms in total. The summed E-state index contributed by atoms with van der Waals surface area (Å²) in [6.45, 7) is 103. The van der Waals surface area contributed by atoms with Crippen molar-refractivity contribution in [1.29, 1.82) is 0 Å². The van der Waals surface area contributed by atoms with Crippen LogP contribution in [0.4, 0.5) is 0 Å². The molecule has 0 amide bonds. The molecule has 12 aliphatic carbocycles.